The number of hydrogen-bond donors (Lipinski definition) is 2. The molecule has 1 amide bonds. The maximum atomic E-state index is 12.6. The fourth-order valence-corrected chi connectivity index (χ4v) is 3.40. The van der Waals surface area contributed by atoms with Gasteiger partial charge >= 0.3 is 5.97 Å². The van der Waals surface area contributed by atoms with Gasteiger partial charge < -0.3 is 19.9 Å². The van der Waals surface area contributed by atoms with Crippen LogP contribution >= 0.6 is 0 Å². The number of ether oxygens (including phenoxy) is 2. The van der Waals surface area contributed by atoms with Crippen LogP contribution in [0.15, 0.2) is 18.2 Å². The van der Waals surface area contributed by atoms with E-state index in [2.05, 4.69) is 5.32 Å². The molecule has 1 fully saturated rings. The lowest BCUT2D eigenvalue weighted by Gasteiger charge is -2.39. The van der Waals surface area contributed by atoms with E-state index in [1.54, 1.807) is 18.2 Å². The number of carbonyl (C=O) groups is 2. The quantitative estimate of drug-likeness (QED) is 0.892. The average Bonchev–Trinajstić information content (AvgIpc) is 2.54. The monoisotopic (exact) mass is 319 g/mol. The van der Waals surface area contributed by atoms with Gasteiger partial charge in [-0.15, -0.1) is 0 Å². The van der Waals surface area contributed by atoms with Gasteiger partial charge in [0, 0.05) is 5.56 Å². The van der Waals surface area contributed by atoms with Crippen LogP contribution in [-0.2, 0) is 4.79 Å². The summed E-state index contributed by atoms with van der Waals surface area (Å²) in [4.78, 5) is 24.1. The molecule has 3 rings (SSSR count). The number of benzene rings is 1. The summed E-state index contributed by atoms with van der Waals surface area (Å²) in [6.07, 6.45) is 3.06. The molecule has 0 bridgehead atoms. The molecule has 0 radical (unpaired) electrons. The van der Waals surface area contributed by atoms with Crippen molar-refractivity contribution in [3.05, 3.63) is 23.8 Å². The molecule has 2 aliphatic rings. The third-order valence-electron chi connectivity index (χ3n) is 4.71. The van der Waals surface area contributed by atoms with Gasteiger partial charge in [0.1, 0.15) is 13.2 Å². The van der Waals surface area contributed by atoms with Crippen molar-refractivity contribution in [3.8, 4) is 11.5 Å². The Balaban J connectivity index is 1.79. The van der Waals surface area contributed by atoms with Crippen LogP contribution in [0.3, 0.4) is 0 Å². The number of amides is 1. The SMILES string of the molecule is CC1(NC(=O)c2ccc3c(c2)OCCO3)CCCCC1C(=O)O. The molecular weight excluding hydrogens is 298 g/mol. The summed E-state index contributed by atoms with van der Waals surface area (Å²) >= 11 is 0. The van der Waals surface area contributed by atoms with Gasteiger partial charge in [0.2, 0.25) is 0 Å². The molecule has 2 unspecified atom stereocenters. The van der Waals surface area contributed by atoms with E-state index in [0.717, 1.165) is 12.8 Å². The van der Waals surface area contributed by atoms with Crippen molar-refractivity contribution < 1.29 is 24.2 Å². The molecule has 1 heterocycles. The Morgan fingerprint density at radius 2 is 1.96 bits per heavy atom. The van der Waals surface area contributed by atoms with Crippen LogP contribution in [0.5, 0.6) is 11.5 Å². The predicted molar refractivity (Wildman–Crippen MR) is 82.9 cm³/mol. The summed E-state index contributed by atoms with van der Waals surface area (Å²) in [6, 6.07) is 5.03. The Morgan fingerprint density at radius 1 is 1.22 bits per heavy atom. The van der Waals surface area contributed by atoms with Crippen LogP contribution in [0.1, 0.15) is 43.0 Å². The highest BCUT2D eigenvalue weighted by atomic mass is 16.6. The summed E-state index contributed by atoms with van der Waals surface area (Å²) in [5.74, 6) is -0.516. The molecule has 1 aromatic carbocycles. The van der Waals surface area contributed by atoms with E-state index in [-0.39, 0.29) is 5.91 Å². The third kappa shape index (κ3) is 3.11. The van der Waals surface area contributed by atoms with Crippen LogP contribution in [0.2, 0.25) is 0 Å². The summed E-state index contributed by atoms with van der Waals surface area (Å²) < 4.78 is 10.9. The van der Waals surface area contributed by atoms with Gasteiger partial charge in [0.25, 0.3) is 5.91 Å². The highest BCUT2D eigenvalue weighted by Crippen LogP contribution is 2.35. The largest absolute Gasteiger partial charge is 0.486 e. The molecule has 2 atom stereocenters. The van der Waals surface area contributed by atoms with Crippen LogP contribution in [0.25, 0.3) is 0 Å². The Morgan fingerprint density at radius 3 is 2.70 bits per heavy atom. The molecule has 0 saturated heterocycles. The number of carboxylic acids is 1. The lowest BCUT2D eigenvalue weighted by atomic mass is 9.73. The minimum atomic E-state index is -0.852. The lowest BCUT2D eigenvalue weighted by Crippen LogP contribution is -2.55. The minimum absolute atomic E-state index is 0.280. The number of fused-ring (bicyclic) bond motifs is 1. The highest BCUT2D eigenvalue weighted by molar-refractivity contribution is 5.95. The molecular formula is C17H21NO5. The topological polar surface area (TPSA) is 84.9 Å². The van der Waals surface area contributed by atoms with Gasteiger partial charge in [-0.3, -0.25) is 9.59 Å². The second kappa shape index (κ2) is 6.10. The smallest absolute Gasteiger partial charge is 0.308 e. The van der Waals surface area contributed by atoms with Gasteiger partial charge in [-0.2, -0.15) is 0 Å². The van der Waals surface area contributed by atoms with E-state index in [9.17, 15) is 14.7 Å². The number of nitrogens with one attached hydrogen (secondary N) is 1. The fourth-order valence-electron chi connectivity index (χ4n) is 3.40. The molecule has 1 saturated carbocycles. The first-order valence-electron chi connectivity index (χ1n) is 7.94. The van der Waals surface area contributed by atoms with E-state index in [0.29, 0.717) is 43.1 Å². The maximum absolute atomic E-state index is 12.6. The van der Waals surface area contributed by atoms with E-state index < -0.39 is 17.4 Å². The van der Waals surface area contributed by atoms with Crippen molar-refractivity contribution >= 4 is 11.9 Å². The molecule has 1 aliphatic carbocycles. The van der Waals surface area contributed by atoms with E-state index in [4.69, 9.17) is 9.47 Å². The highest BCUT2D eigenvalue weighted by Gasteiger charge is 2.42. The molecule has 0 spiro atoms. The third-order valence-corrected chi connectivity index (χ3v) is 4.71. The molecule has 6 heteroatoms. The molecule has 1 aliphatic heterocycles. The number of rotatable bonds is 3. The number of carboxylic acid groups (broad SMARTS) is 1. The first-order chi connectivity index (χ1) is 11.0. The number of hydrogen-bond acceptors (Lipinski definition) is 4. The first-order valence-corrected chi connectivity index (χ1v) is 7.94. The zero-order valence-electron chi connectivity index (χ0n) is 13.1. The van der Waals surface area contributed by atoms with E-state index in [1.807, 2.05) is 6.92 Å². The summed E-state index contributed by atoms with van der Waals surface area (Å²) in [5, 5.41) is 12.4. The van der Waals surface area contributed by atoms with Gasteiger partial charge in [0.15, 0.2) is 11.5 Å². The minimum Gasteiger partial charge on any atom is -0.486 e. The van der Waals surface area contributed by atoms with Crippen LogP contribution in [0.4, 0.5) is 0 Å². The van der Waals surface area contributed by atoms with Crippen molar-refractivity contribution in [3.63, 3.8) is 0 Å². The number of carbonyl (C=O) groups excluding carboxylic acids is 1. The second-order valence-electron chi connectivity index (χ2n) is 6.37. The Hall–Kier alpha value is -2.24. The molecule has 2 N–H and O–H groups in total. The molecule has 1 aromatic rings. The molecule has 124 valence electrons. The van der Waals surface area contributed by atoms with Crippen molar-refractivity contribution in [1.82, 2.24) is 5.32 Å². The Bertz CT molecular complexity index is 629. The van der Waals surface area contributed by atoms with Gasteiger partial charge in [-0.1, -0.05) is 12.8 Å². The number of aliphatic carboxylic acids is 1. The fraction of sp³-hybridized carbons (Fsp3) is 0.529. The van der Waals surface area contributed by atoms with Crippen LogP contribution < -0.4 is 14.8 Å². The van der Waals surface area contributed by atoms with Gasteiger partial charge in [-0.25, -0.2) is 0 Å². The lowest BCUT2D eigenvalue weighted by molar-refractivity contribution is -0.145. The van der Waals surface area contributed by atoms with Gasteiger partial charge in [-0.05, 0) is 38.0 Å². The standard InChI is InChI=1S/C17H21NO5/c1-17(7-3-2-4-12(17)16(20)21)18-15(19)11-5-6-13-14(10-11)23-9-8-22-13/h5-6,10,12H,2-4,7-9H2,1H3,(H,18,19)(H,20,21). The Kier molecular flexibility index (Phi) is 4.15. The van der Waals surface area contributed by atoms with E-state index in [1.165, 1.54) is 0 Å². The van der Waals surface area contributed by atoms with Gasteiger partial charge in [0.05, 0.1) is 11.5 Å². The molecule has 0 aromatic heterocycles. The summed E-state index contributed by atoms with van der Waals surface area (Å²) in [5.41, 5.74) is -0.279. The van der Waals surface area contributed by atoms with Crippen LogP contribution in [0, 0.1) is 5.92 Å². The Labute approximate surface area is 134 Å². The predicted octanol–water partition coefficient (Wildman–Crippen LogP) is 2.22. The van der Waals surface area contributed by atoms with Crippen LogP contribution in [-0.4, -0.2) is 35.7 Å². The zero-order valence-corrected chi connectivity index (χ0v) is 13.1. The summed E-state index contributed by atoms with van der Waals surface area (Å²) in [6.45, 7) is 2.77. The first kappa shape index (κ1) is 15.6. The molecule has 6 nitrogen and oxygen atoms in total. The normalized spacial score (nSPS) is 26.4. The maximum Gasteiger partial charge on any atom is 0.308 e. The van der Waals surface area contributed by atoms with Crippen molar-refractivity contribution in [1.29, 1.82) is 0 Å². The van der Waals surface area contributed by atoms with Crippen molar-refractivity contribution in [2.45, 2.75) is 38.1 Å². The van der Waals surface area contributed by atoms with Crippen molar-refractivity contribution in [2.75, 3.05) is 13.2 Å². The second-order valence-corrected chi connectivity index (χ2v) is 6.37. The van der Waals surface area contributed by atoms with E-state index >= 15 is 0 Å². The zero-order chi connectivity index (χ0) is 16.4. The average molecular weight is 319 g/mol. The van der Waals surface area contributed by atoms with Crippen molar-refractivity contribution in [2.24, 2.45) is 5.92 Å². The molecule has 23 heavy (non-hydrogen) atoms. The summed E-state index contributed by atoms with van der Waals surface area (Å²) in [7, 11) is 0.